The smallest absolute Gasteiger partial charge is 0.185 e. The van der Waals surface area contributed by atoms with E-state index in [0.29, 0.717) is 0 Å². The largest absolute Gasteiger partial charge is 0.497 e. The van der Waals surface area contributed by atoms with Crippen LogP contribution in [0.3, 0.4) is 0 Å². The van der Waals surface area contributed by atoms with Crippen LogP contribution in [0.2, 0.25) is 0 Å². The molecule has 114 valence electrons. The van der Waals surface area contributed by atoms with Gasteiger partial charge in [-0.3, -0.25) is 0 Å². The Bertz CT molecular complexity index is 579. The number of nitrogens with zero attached hydrogens (tertiary/aromatic N) is 2. The van der Waals surface area contributed by atoms with Crippen molar-refractivity contribution < 1.29 is 4.74 Å². The van der Waals surface area contributed by atoms with Gasteiger partial charge in [-0.2, -0.15) is 0 Å². The van der Waals surface area contributed by atoms with E-state index in [1.165, 1.54) is 10.4 Å². The van der Waals surface area contributed by atoms with Crippen molar-refractivity contribution in [1.29, 1.82) is 0 Å². The summed E-state index contributed by atoms with van der Waals surface area (Å²) in [5.41, 5.74) is 2.32. The molecule has 0 spiro atoms. The molecule has 0 aliphatic heterocycles. The molecular weight excluding hydrogens is 282 g/mol. The molecule has 0 saturated heterocycles. The van der Waals surface area contributed by atoms with Crippen molar-refractivity contribution in [2.45, 2.75) is 27.3 Å². The van der Waals surface area contributed by atoms with E-state index in [9.17, 15) is 0 Å². The predicted molar refractivity (Wildman–Crippen MR) is 90.7 cm³/mol. The van der Waals surface area contributed by atoms with Crippen molar-refractivity contribution in [3.8, 4) is 5.75 Å². The van der Waals surface area contributed by atoms with Gasteiger partial charge >= 0.3 is 0 Å². The van der Waals surface area contributed by atoms with Crippen LogP contribution in [0.15, 0.2) is 24.4 Å². The molecule has 0 saturated carbocycles. The van der Waals surface area contributed by atoms with E-state index in [-0.39, 0.29) is 0 Å². The maximum atomic E-state index is 5.23. The van der Waals surface area contributed by atoms with Crippen LogP contribution in [0.25, 0.3) is 0 Å². The second kappa shape index (κ2) is 7.31. The molecule has 2 rings (SSSR count). The van der Waals surface area contributed by atoms with Crippen molar-refractivity contribution in [3.63, 3.8) is 0 Å². The molecule has 0 unspecified atom stereocenters. The molecule has 1 N–H and O–H groups in total. The molecular formula is C16H23N3OS. The maximum absolute atomic E-state index is 5.23. The van der Waals surface area contributed by atoms with Gasteiger partial charge in [0, 0.05) is 29.9 Å². The molecule has 0 fully saturated rings. The van der Waals surface area contributed by atoms with Gasteiger partial charge in [0.1, 0.15) is 5.75 Å². The number of nitrogens with one attached hydrogen (secondary N) is 1. The van der Waals surface area contributed by atoms with E-state index in [0.717, 1.165) is 36.2 Å². The number of methoxy groups -OCH3 is 1. The molecule has 2 aromatic rings. The SMILES string of the molecule is CCN(CC)c1ncc(CNc2ccc(OC)cc2C)s1. The maximum Gasteiger partial charge on any atom is 0.185 e. The molecule has 1 aromatic heterocycles. The molecule has 0 amide bonds. The number of hydrogen-bond donors (Lipinski definition) is 1. The normalized spacial score (nSPS) is 10.5. The van der Waals surface area contributed by atoms with Gasteiger partial charge in [-0.1, -0.05) is 0 Å². The minimum atomic E-state index is 0.798. The van der Waals surface area contributed by atoms with Crippen LogP contribution in [0, 0.1) is 6.92 Å². The molecule has 21 heavy (non-hydrogen) atoms. The third kappa shape index (κ3) is 3.88. The molecule has 4 nitrogen and oxygen atoms in total. The van der Waals surface area contributed by atoms with Crippen LogP contribution >= 0.6 is 11.3 Å². The standard InChI is InChI=1S/C16H23N3OS/c1-5-19(6-2)16-18-11-14(21-16)10-17-15-8-7-13(20-4)9-12(15)3/h7-9,11,17H,5-6,10H2,1-4H3. The summed E-state index contributed by atoms with van der Waals surface area (Å²) in [5.74, 6) is 0.889. The summed E-state index contributed by atoms with van der Waals surface area (Å²) in [7, 11) is 1.69. The molecule has 0 radical (unpaired) electrons. The van der Waals surface area contributed by atoms with E-state index in [1.54, 1.807) is 18.4 Å². The Kier molecular flexibility index (Phi) is 5.44. The third-order valence-electron chi connectivity index (χ3n) is 3.46. The summed E-state index contributed by atoms with van der Waals surface area (Å²) in [5, 5.41) is 4.57. The average molecular weight is 305 g/mol. The van der Waals surface area contributed by atoms with Gasteiger partial charge in [0.25, 0.3) is 0 Å². The van der Waals surface area contributed by atoms with E-state index in [4.69, 9.17) is 4.74 Å². The average Bonchev–Trinajstić information content (AvgIpc) is 2.96. The van der Waals surface area contributed by atoms with Gasteiger partial charge in [-0.05, 0) is 44.5 Å². The first-order chi connectivity index (χ1) is 10.2. The van der Waals surface area contributed by atoms with Crippen LogP contribution in [-0.2, 0) is 6.54 Å². The van der Waals surface area contributed by atoms with Gasteiger partial charge in [0.15, 0.2) is 5.13 Å². The fourth-order valence-corrected chi connectivity index (χ4v) is 3.14. The first-order valence-corrected chi connectivity index (χ1v) is 8.07. The summed E-state index contributed by atoms with van der Waals surface area (Å²) in [4.78, 5) is 8.02. The summed E-state index contributed by atoms with van der Waals surface area (Å²) < 4.78 is 5.23. The van der Waals surface area contributed by atoms with Gasteiger partial charge < -0.3 is 15.0 Å². The lowest BCUT2D eigenvalue weighted by atomic mass is 10.2. The van der Waals surface area contributed by atoms with Crippen molar-refractivity contribution in [2.75, 3.05) is 30.4 Å². The molecule has 0 aliphatic carbocycles. The number of thiazole rings is 1. The first kappa shape index (κ1) is 15.6. The first-order valence-electron chi connectivity index (χ1n) is 7.26. The van der Waals surface area contributed by atoms with Crippen LogP contribution in [0.1, 0.15) is 24.3 Å². The van der Waals surface area contributed by atoms with Gasteiger partial charge in [0.05, 0.1) is 13.7 Å². The number of rotatable bonds is 7. The van der Waals surface area contributed by atoms with Gasteiger partial charge in [0.2, 0.25) is 0 Å². The highest BCUT2D eigenvalue weighted by Crippen LogP contribution is 2.25. The highest BCUT2D eigenvalue weighted by Gasteiger charge is 2.08. The molecule has 1 aromatic carbocycles. The summed E-state index contributed by atoms with van der Waals surface area (Å²) in [6.45, 7) is 9.18. The van der Waals surface area contributed by atoms with E-state index in [2.05, 4.69) is 42.0 Å². The number of ether oxygens (including phenoxy) is 1. The Balaban J connectivity index is 2.00. The Morgan fingerprint density at radius 3 is 2.67 bits per heavy atom. The van der Waals surface area contributed by atoms with Gasteiger partial charge in [-0.15, -0.1) is 11.3 Å². The number of aryl methyl sites for hydroxylation is 1. The number of aromatic nitrogens is 1. The molecule has 5 heteroatoms. The summed E-state index contributed by atoms with van der Waals surface area (Å²) in [6, 6.07) is 6.07. The van der Waals surface area contributed by atoms with Crippen molar-refractivity contribution in [1.82, 2.24) is 4.98 Å². The lowest BCUT2D eigenvalue weighted by Crippen LogP contribution is -2.21. The van der Waals surface area contributed by atoms with Crippen LogP contribution < -0.4 is 15.0 Å². The highest BCUT2D eigenvalue weighted by molar-refractivity contribution is 7.15. The fourth-order valence-electron chi connectivity index (χ4n) is 2.16. The minimum absolute atomic E-state index is 0.798. The number of hydrogen-bond acceptors (Lipinski definition) is 5. The van der Waals surface area contributed by atoms with Crippen molar-refractivity contribution in [2.24, 2.45) is 0 Å². The second-order valence-electron chi connectivity index (χ2n) is 4.82. The lowest BCUT2D eigenvalue weighted by Gasteiger charge is -2.16. The van der Waals surface area contributed by atoms with E-state index < -0.39 is 0 Å². The fraction of sp³-hybridized carbons (Fsp3) is 0.438. The molecule has 0 atom stereocenters. The Labute approximate surface area is 130 Å². The molecule has 0 aliphatic rings. The second-order valence-corrected chi connectivity index (χ2v) is 5.91. The zero-order valence-corrected chi connectivity index (χ0v) is 14.0. The zero-order chi connectivity index (χ0) is 15.2. The predicted octanol–water partition coefficient (Wildman–Crippen LogP) is 3.92. The van der Waals surface area contributed by atoms with Crippen LogP contribution in [0.4, 0.5) is 10.8 Å². The molecule has 1 heterocycles. The Morgan fingerprint density at radius 2 is 2.05 bits per heavy atom. The quantitative estimate of drug-likeness (QED) is 0.841. The monoisotopic (exact) mass is 305 g/mol. The van der Waals surface area contributed by atoms with E-state index in [1.807, 2.05) is 18.3 Å². The lowest BCUT2D eigenvalue weighted by molar-refractivity contribution is 0.414. The summed E-state index contributed by atoms with van der Waals surface area (Å²) in [6.07, 6.45) is 1.96. The van der Waals surface area contributed by atoms with Crippen molar-refractivity contribution >= 4 is 22.2 Å². The number of anilines is 2. The Hall–Kier alpha value is -1.75. The van der Waals surface area contributed by atoms with Crippen LogP contribution in [0.5, 0.6) is 5.75 Å². The van der Waals surface area contributed by atoms with Crippen molar-refractivity contribution in [3.05, 3.63) is 34.8 Å². The Morgan fingerprint density at radius 1 is 1.29 bits per heavy atom. The topological polar surface area (TPSA) is 37.4 Å². The zero-order valence-electron chi connectivity index (χ0n) is 13.1. The minimum Gasteiger partial charge on any atom is -0.497 e. The van der Waals surface area contributed by atoms with Crippen LogP contribution in [-0.4, -0.2) is 25.2 Å². The van der Waals surface area contributed by atoms with E-state index >= 15 is 0 Å². The third-order valence-corrected chi connectivity index (χ3v) is 4.52. The highest BCUT2D eigenvalue weighted by atomic mass is 32.1. The number of benzene rings is 1. The van der Waals surface area contributed by atoms with Gasteiger partial charge in [-0.25, -0.2) is 4.98 Å². The summed E-state index contributed by atoms with van der Waals surface area (Å²) >= 11 is 1.75. The molecule has 0 bridgehead atoms.